The predicted octanol–water partition coefficient (Wildman–Crippen LogP) is 8.86. The maximum Gasteiger partial charge on any atom is 0.123 e. The van der Waals surface area contributed by atoms with Crippen LogP contribution in [-0.2, 0) is 0 Å². The lowest BCUT2D eigenvalue weighted by atomic mass is 10.1. The highest BCUT2D eigenvalue weighted by atomic mass is 35.5. The molecule has 0 radical (unpaired) electrons. The van der Waals surface area contributed by atoms with E-state index >= 15 is 0 Å². The monoisotopic (exact) mass is 536 g/mol. The van der Waals surface area contributed by atoms with Gasteiger partial charge in [-0.1, -0.05) is 37.4 Å². The number of phenols is 1. The summed E-state index contributed by atoms with van der Waals surface area (Å²) in [7, 11) is 0. The van der Waals surface area contributed by atoms with Gasteiger partial charge in [0.05, 0.1) is 0 Å². The first-order valence-electron chi connectivity index (χ1n) is 10.5. The van der Waals surface area contributed by atoms with Gasteiger partial charge in [-0.05, 0) is 81.2 Å². The van der Waals surface area contributed by atoms with E-state index in [9.17, 15) is 8.78 Å². The van der Waals surface area contributed by atoms with Gasteiger partial charge in [0.25, 0.3) is 0 Å². The first-order valence-corrected chi connectivity index (χ1v) is 12.1. The second kappa shape index (κ2) is 14.6. The molecule has 35 heavy (non-hydrogen) atoms. The van der Waals surface area contributed by atoms with Crippen LogP contribution >= 0.6 is 34.8 Å². The highest BCUT2D eigenvalue weighted by Gasteiger charge is 2.00. The van der Waals surface area contributed by atoms with Crippen LogP contribution in [0.15, 0.2) is 97.1 Å². The second-order valence-corrected chi connectivity index (χ2v) is 8.32. The Bertz CT molecular complexity index is 1250. The Labute approximate surface area is 219 Å². The van der Waals surface area contributed by atoms with E-state index < -0.39 is 0 Å². The lowest BCUT2D eigenvalue weighted by molar-refractivity contribution is 0.353. The highest BCUT2D eigenvalue weighted by Crippen LogP contribution is 2.22. The number of aromatic hydroxyl groups is 1. The van der Waals surface area contributed by atoms with Crippen LogP contribution in [-0.4, -0.2) is 29.4 Å². The largest absolute Gasteiger partial charge is 0.508 e. The topological polar surface area (TPSA) is 29.5 Å². The fourth-order valence-corrected chi connectivity index (χ4v) is 3.11. The van der Waals surface area contributed by atoms with Gasteiger partial charge in [-0.25, -0.2) is 8.78 Å². The van der Waals surface area contributed by atoms with Crippen molar-refractivity contribution in [1.82, 2.24) is 0 Å². The summed E-state index contributed by atoms with van der Waals surface area (Å²) < 4.78 is 31.3. The molecular formula is C28H25Cl3F2O2. The molecule has 0 atom stereocenters. The Morgan fingerprint density at radius 2 is 1.14 bits per heavy atom. The molecule has 4 rings (SSSR count). The molecule has 184 valence electrons. The molecule has 0 heterocycles. The Balaban J connectivity index is 0.000000209. The quantitative estimate of drug-likeness (QED) is 0.197. The maximum absolute atomic E-state index is 13.1. The third kappa shape index (κ3) is 9.77. The first-order chi connectivity index (χ1) is 16.7. The fourth-order valence-electron chi connectivity index (χ4n) is 2.75. The van der Waals surface area contributed by atoms with Gasteiger partial charge < -0.3 is 9.84 Å². The molecule has 4 aromatic rings. The molecule has 0 fully saturated rings. The lowest BCUT2D eigenvalue weighted by Gasteiger charge is -2.07. The summed E-state index contributed by atoms with van der Waals surface area (Å²) in [5.74, 6) is 1.64. The lowest BCUT2D eigenvalue weighted by Crippen LogP contribution is -2.00. The third-order valence-corrected chi connectivity index (χ3v) is 5.70. The molecule has 0 unspecified atom stereocenters. The van der Waals surface area contributed by atoms with Gasteiger partial charge in [0, 0.05) is 17.6 Å². The molecule has 0 bridgehead atoms. The van der Waals surface area contributed by atoms with Crippen LogP contribution in [0, 0.1) is 11.6 Å². The van der Waals surface area contributed by atoms with Gasteiger partial charge in [0.2, 0.25) is 0 Å². The number of hydrogen-bond donors (Lipinski definition) is 1. The number of phenolic OH excluding ortho intramolecular Hbond substituents is 1. The van der Waals surface area contributed by atoms with Crippen molar-refractivity contribution < 1.29 is 18.6 Å². The van der Waals surface area contributed by atoms with Gasteiger partial charge in [-0.15, -0.1) is 34.8 Å². The molecule has 0 aliphatic heterocycles. The zero-order chi connectivity index (χ0) is 25.8. The molecular weight excluding hydrogens is 513 g/mol. The number of rotatable bonds is 6. The number of ether oxygens (including phenoxy) is 1. The first kappa shape index (κ1) is 28.4. The summed E-state index contributed by atoms with van der Waals surface area (Å²) in [6.07, 6.45) is 0. The molecule has 7 heteroatoms. The van der Waals surface area contributed by atoms with Crippen LogP contribution < -0.4 is 4.74 Å². The van der Waals surface area contributed by atoms with E-state index in [2.05, 4.69) is 13.2 Å². The van der Waals surface area contributed by atoms with Crippen molar-refractivity contribution in [2.75, 3.05) is 24.2 Å². The predicted molar refractivity (Wildman–Crippen MR) is 145 cm³/mol. The Morgan fingerprint density at radius 1 is 0.657 bits per heavy atom. The van der Waals surface area contributed by atoms with Crippen LogP contribution in [0.2, 0.25) is 0 Å². The van der Waals surface area contributed by atoms with Crippen LogP contribution in [0.1, 0.15) is 0 Å². The number of halogens is 5. The number of allylic oxidation sites excluding steroid dienone is 1. The Morgan fingerprint density at radius 3 is 1.66 bits per heavy atom. The van der Waals surface area contributed by atoms with E-state index in [1.165, 1.54) is 24.3 Å². The van der Waals surface area contributed by atoms with Crippen molar-refractivity contribution >= 4 is 56.3 Å². The molecule has 0 aliphatic carbocycles. The normalized spacial score (nSPS) is 10.1. The molecule has 0 amide bonds. The van der Waals surface area contributed by atoms with Crippen LogP contribution in [0.4, 0.5) is 8.78 Å². The van der Waals surface area contributed by atoms with Crippen molar-refractivity contribution in [3.05, 3.63) is 109 Å². The SMILES string of the molecule is C=C(CCl)CCl.C=C(CCl)COc1ccc2ccc(F)cc2c1.Oc1ccc2ccc(F)cc2c1. The standard InChI is InChI=1S/C14H12ClFO.C10H7FO.C4H6Cl2/c1-10(8-15)9-17-14-5-3-11-2-4-13(16)6-12(11)7-14;11-9-3-1-7-2-4-10(12)6-8(7)5-9;1-4(2-5)3-6/h2-7H,1,8-9H2;1-6,12H;1-3H2. The van der Waals surface area contributed by atoms with Gasteiger partial charge in [0.1, 0.15) is 29.7 Å². The smallest absolute Gasteiger partial charge is 0.123 e. The van der Waals surface area contributed by atoms with Crippen LogP contribution in [0.5, 0.6) is 11.5 Å². The second-order valence-electron chi connectivity index (χ2n) is 7.52. The zero-order valence-corrected chi connectivity index (χ0v) is 21.2. The third-order valence-electron chi connectivity index (χ3n) is 4.57. The van der Waals surface area contributed by atoms with Gasteiger partial charge in [0.15, 0.2) is 0 Å². The van der Waals surface area contributed by atoms with Crippen LogP contribution in [0.3, 0.4) is 0 Å². The molecule has 0 aliphatic rings. The minimum Gasteiger partial charge on any atom is -0.508 e. The van der Waals surface area contributed by atoms with E-state index in [0.29, 0.717) is 30.0 Å². The number of alkyl halides is 3. The minimum atomic E-state index is -0.284. The van der Waals surface area contributed by atoms with E-state index in [1.807, 2.05) is 12.1 Å². The van der Waals surface area contributed by atoms with Crippen molar-refractivity contribution in [3.63, 3.8) is 0 Å². The fraction of sp³-hybridized carbons (Fsp3) is 0.143. The molecule has 0 saturated carbocycles. The summed E-state index contributed by atoms with van der Waals surface area (Å²) in [4.78, 5) is 0. The summed E-state index contributed by atoms with van der Waals surface area (Å²) in [6, 6.07) is 19.6. The maximum atomic E-state index is 13.1. The van der Waals surface area contributed by atoms with Crippen molar-refractivity contribution in [1.29, 1.82) is 0 Å². The number of hydrogen-bond acceptors (Lipinski definition) is 2. The van der Waals surface area contributed by atoms with E-state index in [1.54, 1.807) is 36.4 Å². The summed E-state index contributed by atoms with van der Waals surface area (Å²) in [6.45, 7) is 7.65. The number of fused-ring (bicyclic) bond motifs is 2. The van der Waals surface area contributed by atoms with Crippen molar-refractivity contribution in [3.8, 4) is 11.5 Å². The summed E-state index contributed by atoms with van der Waals surface area (Å²) in [5, 5.41) is 12.5. The molecule has 1 N–H and O–H groups in total. The van der Waals surface area contributed by atoms with Crippen molar-refractivity contribution in [2.24, 2.45) is 0 Å². The van der Waals surface area contributed by atoms with Gasteiger partial charge in [-0.2, -0.15) is 0 Å². The average Bonchev–Trinajstić information content (AvgIpc) is 2.86. The van der Waals surface area contributed by atoms with Crippen molar-refractivity contribution in [2.45, 2.75) is 0 Å². The zero-order valence-electron chi connectivity index (χ0n) is 18.9. The molecule has 0 spiro atoms. The average molecular weight is 538 g/mol. The van der Waals surface area contributed by atoms with E-state index in [4.69, 9.17) is 44.6 Å². The van der Waals surface area contributed by atoms with Gasteiger partial charge >= 0.3 is 0 Å². The summed E-state index contributed by atoms with van der Waals surface area (Å²) in [5.41, 5.74) is 1.68. The molecule has 2 nitrogen and oxygen atoms in total. The molecule has 0 saturated heterocycles. The summed E-state index contributed by atoms with van der Waals surface area (Å²) >= 11 is 16.1. The van der Waals surface area contributed by atoms with Crippen LogP contribution in [0.25, 0.3) is 21.5 Å². The molecule has 0 aromatic heterocycles. The molecule has 4 aromatic carbocycles. The Hall–Kier alpha value is -2.79. The van der Waals surface area contributed by atoms with E-state index in [0.717, 1.165) is 32.7 Å². The minimum absolute atomic E-state index is 0.160. The number of benzene rings is 4. The highest BCUT2D eigenvalue weighted by molar-refractivity contribution is 6.23. The van der Waals surface area contributed by atoms with E-state index in [-0.39, 0.29) is 17.4 Å². The Kier molecular flexibility index (Phi) is 11.8. The van der Waals surface area contributed by atoms with Gasteiger partial charge in [-0.3, -0.25) is 0 Å².